The van der Waals surface area contributed by atoms with Gasteiger partial charge in [0.15, 0.2) is 11.5 Å². The summed E-state index contributed by atoms with van der Waals surface area (Å²) in [6.45, 7) is 0.310. The van der Waals surface area contributed by atoms with E-state index in [0.717, 1.165) is 10.0 Å². The van der Waals surface area contributed by atoms with Crippen molar-refractivity contribution in [2.24, 2.45) is 0 Å². The number of aliphatic hydroxyl groups excluding tert-OH is 1. The van der Waals surface area contributed by atoms with Crippen LogP contribution in [0.5, 0.6) is 11.5 Å². The van der Waals surface area contributed by atoms with E-state index in [2.05, 4.69) is 15.9 Å². The lowest BCUT2D eigenvalue weighted by Crippen LogP contribution is -2.31. The first-order chi connectivity index (χ1) is 16.4. The van der Waals surface area contributed by atoms with Gasteiger partial charge in [0.25, 0.3) is 11.7 Å². The topological polar surface area (TPSA) is 76.1 Å². The van der Waals surface area contributed by atoms with E-state index >= 15 is 0 Å². The third-order valence-electron chi connectivity index (χ3n) is 5.87. The zero-order chi connectivity index (χ0) is 24.2. The Bertz CT molecular complexity index is 1240. The van der Waals surface area contributed by atoms with Crippen molar-refractivity contribution in [2.75, 3.05) is 20.8 Å². The predicted octanol–water partition coefficient (Wildman–Crippen LogP) is 5.13. The predicted molar refractivity (Wildman–Crippen MR) is 133 cm³/mol. The lowest BCUT2D eigenvalue weighted by atomic mass is 9.95. The molecule has 174 valence electrons. The van der Waals surface area contributed by atoms with Gasteiger partial charge in [-0.1, -0.05) is 64.5 Å². The second-order valence-corrected chi connectivity index (χ2v) is 8.77. The zero-order valence-corrected chi connectivity index (χ0v) is 20.4. The number of carbonyl (C=O) groups is 2. The van der Waals surface area contributed by atoms with E-state index in [1.54, 1.807) is 42.5 Å². The van der Waals surface area contributed by atoms with E-state index in [9.17, 15) is 14.7 Å². The summed E-state index contributed by atoms with van der Waals surface area (Å²) in [5, 5.41) is 11.2. The van der Waals surface area contributed by atoms with Crippen LogP contribution in [0.2, 0.25) is 0 Å². The first kappa shape index (κ1) is 23.6. The van der Waals surface area contributed by atoms with Crippen LogP contribution < -0.4 is 9.47 Å². The lowest BCUT2D eigenvalue weighted by molar-refractivity contribution is -0.139. The Morgan fingerprint density at radius 2 is 1.62 bits per heavy atom. The number of amides is 1. The van der Waals surface area contributed by atoms with Crippen LogP contribution in [0.1, 0.15) is 22.7 Å². The van der Waals surface area contributed by atoms with Gasteiger partial charge < -0.3 is 19.5 Å². The van der Waals surface area contributed by atoms with Gasteiger partial charge in [0.1, 0.15) is 5.76 Å². The largest absolute Gasteiger partial charge is 0.507 e. The van der Waals surface area contributed by atoms with Crippen LogP contribution in [-0.2, 0) is 16.0 Å². The molecule has 0 saturated carbocycles. The Hall–Kier alpha value is -3.58. The summed E-state index contributed by atoms with van der Waals surface area (Å²) in [7, 11) is 3.06. The van der Waals surface area contributed by atoms with Crippen molar-refractivity contribution >= 4 is 33.4 Å². The van der Waals surface area contributed by atoms with Gasteiger partial charge in [0.2, 0.25) is 0 Å². The highest BCUT2D eigenvalue weighted by Gasteiger charge is 2.46. The molecule has 0 radical (unpaired) electrons. The highest BCUT2D eigenvalue weighted by Crippen LogP contribution is 2.42. The summed E-state index contributed by atoms with van der Waals surface area (Å²) >= 11 is 3.38. The number of Topliss-reactive ketones (excluding diaryl/α,β-unsaturated/α-hetero) is 1. The fraction of sp³-hybridized carbons (Fsp3) is 0.185. The maximum Gasteiger partial charge on any atom is 0.295 e. The minimum atomic E-state index is -0.771. The van der Waals surface area contributed by atoms with Crippen molar-refractivity contribution in [1.29, 1.82) is 0 Å². The molecule has 34 heavy (non-hydrogen) atoms. The van der Waals surface area contributed by atoms with E-state index in [1.165, 1.54) is 19.1 Å². The van der Waals surface area contributed by atoms with E-state index in [4.69, 9.17) is 9.47 Å². The fourth-order valence-electron chi connectivity index (χ4n) is 4.14. The van der Waals surface area contributed by atoms with Crippen LogP contribution in [-0.4, -0.2) is 42.5 Å². The van der Waals surface area contributed by atoms with Crippen molar-refractivity contribution in [3.05, 3.63) is 99.5 Å². The van der Waals surface area contributed by atoms with E-state index in [0.29, 0.717) is 35.6 Å². The van der Waals surface area contributed by atoms with Crippen molar-refractivity contribution in [1.82, 2.24) is 4.90 Å². The number of halogens is 1. The van der Waals surface area contributed by atoms with Gasteiger partial charge in [-0.15, -0.1) is 0 Å². The standard InChI is InChI=1S/C27H24BrNO5/c1-33-21-13-10-19(16-22(21)34-2)24-23(25(30)18-8-11-20(28)12-9-18)26(31)27(32)29(24)15-14-17-6-4-3-5-7-17/h3-13,16,24,30H,14-15H2,1-2H3/b25-23+. The minimum Gasteiger partial charge on any atom is -0.507 e. The average molecular weight is 522 g/mol. The molecular formula is C27H24BrNO5. The molecular weight excluding hydrogens is 498 g/mol. The van der Waals surface area contributed by atoms with Gasteiger partial charge in [-0.2, -0.15) is 0 Å². The molecule has 1 atom stereocenters. The molecule has 1 N–H and O–H groups in total. The Kier molecular flexibility index (Phi) is 7.03. The first-order valence-electron chi connectivity index (χ1n) is 10.7. The molecule has 1 amide bonds. The normalized spacial score (nSPS) is 17.1. The zero-order valence-electron chi connectivity index (χ0n) is 18.8. The second-order valence-electron chi connectivity index (χ2n) is 7.85. The van der Waals surface area contributed by atoms with E-state index < -0.39 is 17.7 Å². The molecule has 1 aliphatic heterocycles. The number of hydrogen-bond donors (Lipinski definition) is 1. The fourth-order valence-corrected chi connectivity index (χ4v) is 4.40. The molecule has 1 aliphatic rings. The van der Waals surface area contributed by atoms with E-state index in [-0.39, 0.29) is 11.3 Å². The number of ether oxygens (including phenoxy) is 2. The molecule has 3 aromatic carbocycles. The first-order valence-corrected chi connectivity index (χ1v) is 11.5. The lowest BCUT2D eigenvalue weighted by Gasteiger charge is -2.26. The molecule has 1 heterocycles. The summed E-state index contributed by atoms with van der Waals surface area (Å²) in [5.41, 5.74) is 2.19. The van der Waals surface area contributed by atoms with Crippen LogP contribution in [0.15, 0.2) is 82.8 Å². The molecule has 0 spiro atoms. The number of nitrogens with zero attached hydrogens (tertiary/aromatic N) is 1. The Morgan fingerprint density at radius 3 is 2.26 bits per heavy atom. The van der Waals surface area contributed by atoms with Crippen LogP contribution in [0.4, 0.5) is 0 Å². The molecule has 0 bridgehead atoms. The molecule has 7 heteroatoms. The summed E-state index contributed by atoms with van der Waals surface area (Å²) in [5.74, 6) is -0.576. The molecule has 0 aliphatic carbocycles. The van der Waals surface area contributed by atoms with Gasteiger partial charge in [-0.05, 0) is 41.8 Å². The number of benzene rings is 3. The number of aliphatic hydroxyl groups is 1. The highest BCUT2D eigenvalue weighted by molar-refractivity contribution is 9.10. The maximum atomic E-state index is 13.2. The number of carbonyl (C=O) groups excluding carboxylic acids is 2. The number of likely N-dealkylation sites (tertiary alicyclic amines) is 1. The van der Waals surface area contributed by atoms with Gasteiger partial charge in [0.05, 0.1) is 25.8 Å². The molecule has 6 nitrogen and oxygen atoms in total. The quantitative estimate of drug-likeness (QED) is 0.265. The minimum absolute atomic E-state index is 0.0487. The average Bonchev–Trinajstić information content (AvgIpc) is 3.12. The third kappa shape index (κ3) is 4.56. The summed E-state index contributed by atoms with van der Waals surface area (Å²) in [6.07, 6.45) is 0.565. The second kappa shape index (κ2) is 10.1. The SMILES string of the molecule is COc1ccc(C2/C(=C(\O)c3ccc(Br)cc3)C(=O)C(=O)N2CCc2ccccc2)cc1OC. The molecule has 0 aromatic heterocycles. The van der Waals surface area contributed by atoms with Gasteiger partial charge >= 0.3 is 0 Å². The van der Waals surface area contributed by atoms with E-state index in [1.807, 2.05) is 30.3 Å². The molecule has 1 unspecified atom stereocenters. The van der Waals surface area contributed by atoms with Gasteiger partial charge in [0, 0.05) is 16.6 Å². The summed E-state index contributed by atoms with van der Waals surface area (Å²) in [4.78, 5) is 27.9. The molecule has 1 saturated heterocycles. The Labute approximate surface area is 206 Å². The Balaban J connectivity index is 1.82. The number of ketones is 1. The van der Waals surface area contributed by atoms with Crippen molar-refractivity contribution in [3.8, 4) is 11.5 Å². The smallest absolute Gasteiger partial charge is 0.295 e. The van der Waals surface area contributed by atoms with Gasteiger partial charge in [-0.25, -0.2) is 0 Å². The van der Waals surface area contributed by atoms with Crippen molar-refractivity contribution < 1.29 is 24.2 Å². The van der Waals surface area contributed by atoms with Crippen LogP contribution in [0, 0.1) is 0 Å². The maximum absolute atomic E-state index is 13.2. The van der Waals surface area contributed by atoms with Crippen LogP contribution in [0.25, 0.3) is 5.76 Å². The molecule has 3 aromatic rings. The van der Waals surface area contributed by atoms with Crippen LogP contribution >= 0.6 is 15.9 Å². The third-order valence-corrected chi connectivity index (χ3v) is 6.39. The summed E-state index contributed by atoms with van der Waals surface area (Å²) in [6, 6.07) is 21.2. The van der Waals surface area contributed by atoms with Gasteiger partial charge in [-0.3, -0.25) is 9.59 Å². The number of methoxy groups -OCH3 is 2. The number of rotatable bonds is 7. The summed E-state index contributed by atoms with van der Waals surface area (Å²) < 4.78 is 11.6. The highest BCUT2D eigenvalue weighted by atomic mass is 79.9. The number of hydrogen-bond acceptors (Lipinski definition) is 5. The molecule has 1 fully saturated rings. The van der Waals surface area contributed by atoms with Crippen LogP contribution in [0.3, 0.4) is 0 Å². The Morgan fingerprint density at radius 1 is 0.941 bits per heavy atom. The van der Waals surface area contributed by atoms with Crippen molar-refractivity contribution in [3.63, 3.8) is 0 Å². The monoisotopic (exact) mass is 521 g/mol. The van der Waals surface area contributed by atoms with Crippen molar-refractivity contribution in [2.45, 2.75) is 12.5 Å². The molecule has 4 rings (SSSR count).